The van der Waals surface area contributed by atoms with Crippen molar-refractivity contribution in [3.63, 3.8) is 0 Å². The van der Waals surface area contributed by atoms with Crippen molar-refractivity contribution in [3.05, 3.63) is 42.5 Å². The summed E-state index contributed by atoms with van der Waals surface area (Å²) in [6, 6.07) is 14.1. The molecule has 0 fully saturated rings. The summed E-state index contributed by atoms with van der Waals surface area (Å²) in [5.41, 5.74) is 0.923. The highest BCUT2D eigenvalue weighted by Crippen LogP contribution is 2.24. The molecule has 5 nitrogen and oxygen atoms in total. The Morgan fingerprint density at radius 2 is 2.00 bits per heavy atom. The van der Waals surface area contributed by atoms with E-state index in [2.05, 4.69) is 16.1 Å². The molecule has 3 aromatic rings. The van der Waals surface area contributed by atoms with Crippen molar-refractivity contribution in [1.29, 1.82) is 0 Å². The van der Waals surface area contributed by atoms with E-state index in [4.69, 9.17) is 5.11 Å². The standard InChI is InChI=1S/C15H13N3O2S/c1-18-15(21-9-13(19)20)16-14(17-18)12-7-6-10-4-2-3-5-11(10)8-12/h2-8H,9H2,1H3,(H,19,20). The molecule has 0 aliphatic heterocycles. The molecule has 2 aromatic carbocycles. The number of benzene rings is 2. The molecule has 1 heterocycles. The maximum absolute atomic E-state index is 10.6. The van der Waals surface area contributed by atoms with Gasteiger partial charge in [-0.15, -0.1) is 0 Å². The Morgan fingerprint density at radius 1 is 1.24 bits per heavy atom. The molecule has 1 N–H and O–H groups in total. The Morgan fingerprint density at radius 3 is 2.76 bits per heavy atom. The second-order valence-electron chi connectivity index (χ2n) is 4.59. The van der Waals surface area contributed by atoms with E-state index in [-0.39, 0.29) is 5.75 Å². The van der Waals surface area contributed by atoms with E-state index in [1.165, 1.54) is 0 Å². The van der Waals surface area contributed by atoms with Gasteiger partial charge in [0.25, 0.3) is 0 Å². The molecule has 0 aliphatic rings. The Kier molecular flexibility index (Phi) is 3.62. The van der Waals surface area contributed by atoms with Gasteiger partial charge in [0.1, 0.15) is 0 Å². The normalized spacial score (nSPS) is 10.9. The molecule has 0 atom stereocenters. The maximum Gasteiger partial charge on any atom is 0.313 e. The number of thioether (sulfide) groups is 1. The van der Waals surface area contributed by atoms with Crippen LogP contribution in [0.4, 0.5) is 0 Å². The highest BCUT2D eigenvalue weighted by Gasteiger charge is 2.11. The van der Waals surface area contributed by atoms with E-state index >= 15 is 0 Å². The summed E-state index contributed by atoms with van der Waals surface area (Å²) in [7, 11) is 1.77. The Balaban J connectivity index is 1.95. The minimum Gasteiger partial charge on any atom is -0.481 e. The summed E-state index contributed by atoms with van der Waals surface area (Å²) in [6.45, 7) is 0. The van der Waals surface area contributed by atoms with E-state index in [0.29, 0.717) is 11.0 Å². The van der Waals surface area contributed by atoms with Gasteiger partial charge in [0.2, 0.25) is 0 Å². The van der Waals surface area contributed by atoms with Crippen LogP contribution in [0.15, 0.2) is 47.6 Å². The molecular formula is C15H13N3O2S. The zero-order valence-electron chi connectivity index (χ0n) is 11.4. The van der Waals surface area contributed by atoms with Gasteiger partial charge in [-0.25, -0.2) is 9.67 Å². The number of rotatable bonds is 4. The first-order valence-corrected chi connectivity index (χ1v) is 7.37. The summed E-state index contributed by atoms with van der Waals surface area (Å²) in [4.78, 5) is 15.0. The van der Waals surface area contributed by atoms with E-state index in [9.17, 15) is 4.79 Å². The number of fused-ring (bicyclic) bond motifs is 1. The molecule has 0 amide bonds. The first-order chi connectivity index (χ1) is 10.1. The Bertz CT molecular complexity index is 814. The molecule has 106 valence electrons. The van der Waals surface area contributed by atoms with Crippen molar-refractivity contribution >= 4 is 28.5 Å². The fourth-order valence-electron chi connectivity index (χ4n) is 2.07. The van der Waals surface area contributed by atoms with Gasteiger partial charge in [-0.3, -0.25) is 4.79 Å². The Hall–Kier alpha value is -2.34. The largest absolute Gasteiger partial charge is 0.481 e. The van der Waals surface area contributed by atoms with E-state index in [1.807, 2.05) is 36.4 Å². The smallest absolute Gasteiger partial charge is 0.313 e. The first kappa shape index (κ1) is 13.6. The van der Waals surface area contributed by atoms with Crippen LogP contribution >= 0.6 is 11.8 Å². The van der Waals surface area contributed by atoms with Crippen LogP contribution in [0.25, 0.3) is 22.2 Å². The summed E-state index contributed by atoms with van der Waals surface area (Å²) in [6.07, 6.45) is 0. The zero-order chi connectivity index (χ0) is 14.8. The van der Waals surface area contributed by atoms with E-state index < -0.39 is 5.97 Å². The molecule has 0 radical (unpaired) electrons. The third kappa shape index (κ3) is 2.90. The minimum atomic E-state index is -0.866. The number of aryl methyl sites for hydroxylation is 1. The van der Waals surface area contributed by atoms with Crippen LogP contribution in [0.1, 0.15) is 0 Å². The van der Waals surface area contributed by atoms with E-state index in [1.54, 1.807) is 11.7 Å². The van der Waals surface area contributed by atoms with E-state index in [0.717, 1.165) is 28.1 Å². The van der Waals surface area contributed by atoms with Gasteiger partial charge < -0.3 is 5.11 Å². The lowest BCUT2D eigenvalue weighted by Crippen LogP contribution is -2.00. The average molecular weight is 299 g/mol. The van der Waals surface area contributed by atoms with Crippen LogP contribution in [0.2, 0.25) is 0 Å². The predicted octanol–water partition coefficient (Wildman–Crippen LogP) is 2.81. The molecule has 0 aliphatic carbocycles. The predicted molar refractivity (Wildman–Crippen MR) is 82.3 cm³/mol. The first-order valence-electron chi connectivity index (χ1n) is 6.38. The van der Waals surface area contributed by atoms with Crippen molar-refractivity contribution < 1.29 is 9.90 Å². The number of hydrogen-bond acceptors (Lipinski definition) is 4. The van der Waals surface area contributed by atoms with Gasteiger partial charge in [0.15, 0.2) is 11.0 Å². The molecule has 0 saturated carbocycles. The lowest BCUT2D eigenvalue weighted by atomic mass is 10.1. The van der Waals surface area contributed by atoms with Crippen molar-refractivity contribution in [1.82, 2.24) is 14.8 Å². The second kappa shape index (κ2) is 5.57. The maximum atomic E-state index is 10.6. The van der Waals surface area contributed by atoms with Crippen LogP contribution in [-0.4, -0.2) is 31.6 Å². The third-order valence-electron chi connectivity index (χ3n) is 3.06. The molecule has 0 saturated heterocycles. The van der Waals surface area contributed by atoms with Crippen LogP contribution in [0.5, 0.6) is 0 Å². The van der Waals surface area contributed by atoms with Crippen molar-refractivity contribution in [3.8, 4) is 11.4 Å². The molecule has 0 unspecified atom stereocenters. The number of aliphatic carboxylic acids is 1. The quantitative estimate of drug-likeness (QED) is 0.750. The number of carboxylic acids is 1. The molecular weight excluding hydrogens is 286 g/mol. The number of hydrogen-bond donors (Lipinski definition) is 1. The average Bonchev–Trinajstić information content (AvgIpc) is 2.86. The van der Waals surface area contributed by atoms with Crippen LogP contribution in [0.3, 0.4) is 0 Å². The minimum absolute atomic E-state index is 0.0241. The van der Waals surface area contributed by atoms with Crippen molar-refractivity contribution in [2.75, 3.05) is 5.75 Å². The lowest BCUT2D eigenvalue weighted by molar-refractivity contribution is -0.133. The van der Waals surface area contributed by atoms with Gasteiger partial charge in [0, 0.05) is 12.6 Å². The summed E-state index contributed by atoms with van der Waals surface area (Å²) in [5, 5.41) is 16.0. The monoisotopic (exact) mass is 299 g/mol. The molecule has 0 bridgehead atoms. The summed E-state index contributed by atoms with van der Waals surface area (Å²) in [5.74, 6) is -0.282. The van der Waals surface area contributed by atoms with Crippen molar-refractivity contribution in [2.45, 2.75) is 5.16 Å². The molecule has 3 rings (SSSR count). The van der Waals surface area contributed by atoms with Gasteiger partial charge in [-0.2, -0.15) is 5.10 Å². The molecule has 0 spiro atoms. The fraction of sp³-hybridized carbons (Fsp3) is 0.133. The number of aromatic nitrogens is 3. The van der Waals surface area contributed by atoms with Gasteiger partial charge >= 0.3 is 5.97 Å². The summed E-state index contributed by atoms with van der Waals surface area (Å²) < 4.78 is 1.61. The molecule has 21 heavy (non-hydrogen) atoms. The highest BCUT2D eigenvalue weighted by molar-refractivity contribution is 7.99. The SMILES string of the molecule is Cn1nc(-c2ccc3ccccc3c2)nc1SCC(=O)O. The number of carbonyl (C=O) groups is 1. The van der Waals surface area contributed by atoms with Gasteiger partial charge in [-0.1, -0.05) is 48.2 Å². The lowest BCUT2D eigenvalue weighted by Gasteiger charge is -1.99. The highest BCUT2D eigenvalue weighted by atomic mass is 32.2. The molecule has 6 heteroatoms. The zero-order valence-corrected chi connectivity index (χ0v) is 12.2. The third-order valence-corrected chi connectivity index (χ3v) is 4.06. The fourth-order valence-corrected chi connectivity index (χ4v) is 2.70. The van der Waals surface area contributed by atoms with Crippen LogP contribution in [0, 0.1) is 0 Å². The van der Waals surface area contributed by atoms with Gasteiger partial charge in [-0.05, 0) is 16.8 Å². The van der Waals surface area contributed by atoms with Crippen LogP contribution < -0.4 is 0 Å². The van der Waals surface area contributed by atoms with Crippen LogP contribution in [-0.2, 0) is 11.8 Å². The molecule has 1 aromatic heterocycles. The Labute approximate surface area is 125 Å². The topological polar surface area (TPSA) is 68.0 Å². The number of nitrogens with zero attached hydrogens (tertiary/aromatic N) is 3. The summed E-state index contributed by atoms with van der Waals surface area (Å²) >= 11 is 1.16. The number of carboxylic acid groups (broad SMARTS) is 1. The van der Waals surface area contributed by atoms with Gasteiger partial charge in [0.05, 0.1) is 5.75 Å². The second-order valence-corrected chi connectivity index (χ2v) is 5.53. The van der Waals surface area contributed by atoms with Crippen molar-refractivity contribution in [2.24, 2.45) is 7.05 Å².